The summed E-state index contributed by atoms with van der Waals surface area (Å²) in [6.45, 7) is 1.85. The van der Waals surface area contributed by atoms with E-state index in [0.717, 1.165) is 12.8 Å². The Morgan fingerprint density at radius 3 is 2.38 bits per heavy atom. The van der Waals surface area contributed by atoms with E-state index in [2.05, 4.69) is 29.6 Å². The Balaban J connectivity index is 0.00000208. The van der Waals surface area contributed by atoms with Crippen molar-refractivity contribution in [2.45, 2.75) is 53.7 Å². The van der Waals surface area contributed by atoms with Crippen LogP contribution in [0.2, 0.25) is 0 Å². The fourth-order valence-electron chi connectivity index (χ4n) is 3.45. The van der Waals surface area contributed by atoms with Gasteiger partial charge in [-0.1, -0.05) is 31.0 Å². The van der Waals surface area contributed by atoms with Gasteiger partial charge in [-0.05, 0) is 37.8 Å². The third-order valence-electron chi connectivity index (χ3n) is 5.00. The Morgan fingerprint density at radius 1 is 1.12 bits per heavy atom. The summed E-state index contributed by atoms with van der Waals surface area (Å²) < 4.78 is 5.44. The Hall–Kier alpha value is -0.750. The van der Waals surface area contributed by atoms with E-state index in [9.17, 15) is 4.79 Å². The number of rotatable bonds is 5. The first-order valence-corrected chi connectivity index (χ1v) is 9.33. The number of hydrogen-bond acceptors (Lipinski definition) is 4. The fourth-order valence-corrected chi connectivity index (χ4v) is 4.88. The first kappa shape index (κ1) is 19.6. The van der Waals surface area contributed by atoms with Crippen molar-refractivity contribution in [3.63, 3.8) is 0 Å². The third kappa shape index (κ3) is 4.66. The van der Waals surface area contributed by atoms with Crippen LogP contribution in [0.1, 0.15) is 38.5 Å². The molecule has 0 aromatic heterocycles. The Bertz CT molecular complexity index is 529. The molecular formula is C18H27ClN2O2S. The summed E-state index contributed by atoms with van der Waals surface area (Å²) in [4.78, 5) is 13.8. The lowest BCUT2D eigenvalue weighted by atomic mass is 9.90. The lowest BCUT2D eigenvalue weighted by Crippen LogP contribution is -2.58. The molecule has 3 N–H and O–H groups in total. The lowest BCUT2D eigenvalue weighted by molar-refractivity contribution is -0.129. The molecular weight excluding hydrogens is 344 g/mol. The van der Waals surface area contributed by atoms with E-state index in [1.165, 1.54) is 17.7 Å². The summed E-state index contributed by atoms with van der Waals surface area (Å²) >= 11 is 1.91. The molecule has 0 spiro atoms. The highest BCUT2D eigenvalue weighted by Gasteiger charge is 2.39. The molecule has 1 amide bonds. The van der Waals surface area contributed by atoms with E-state index >= 15 is 0 Å². The first-order valence-electron chi connectivity index (χ1n) is 8.51. The molecule has 1 saturated heterocycles. The fraction of sp³-hybridized carbons (Fsp3) is 0.611. The molecule has 4 nitrogen and oxygen atoms in total. The van der Waals surface area contributed by atoms with Crippen molar-refractivity contribution in [1.29, 1.82) is 0 Å². The maximum Gasteiger partial charge on any atom is 0.240 e. The van der Waals surface area contributed by atoms with E-state index < -0.39 is 5.54 Å². The van der Waals surface area contributed by atoms with Crippen molar-refractivity contribution in [1.82, 2.24) is 5.32 Å². The summed E-state index contributed by atoms with van der Waals surface area (Å²) in [5.74, 6) is -0.0132. The van der Waals surface area contributed by atoms with Gasteiger partial charge in [0.25, 0.3) is 0 Å². The number of amides is 1. The van der Waals surface area contributed by atoms with Crippen molar-refractivity contribution in [3.05, 3.63) is 30.3 Å². The first-order chi connectivity index (χ1) is 11.1. The number of nitrogens with two attached hydrogens (primary N) is 1. The quantitative estimate of drug-likeness (QED) is 0.835. The maximum absolute atomic E-state index is 12.6. The summed E-state index contributed by atoms with van der Waals surface area (Å²) in [5, 5.41) is 3.16. The van der Waals surface area contributed by atoms with Crippen molar-refractivity contribution >= 4 is 30.1 Å². The van der Waals surface area contributed by atoms with Crippen LogP contribution in [0.3, 0.4) is 0 Å². The van der Waals surface area contributed by atoms with Crippen molar-refractivity contribution in [2.24, 2.45) is 5.73 Å². The van der Waals surface area contributed by atoms with Gasteiger partial charge in [0.1, 0.15) is 0 Å². The van der Waals surface area contributed by atoms with Crippen molar-refractivity contribution in [2.75, 3.05) is 19.8 Å². The van der Waals surface area contributed by atoms with Gasteiger partial charge in [-0.15, -0.1) is 24.2 Å². The van der Waals surface area contributed by atoms with Gasteiger partial charge in [0, 0.05) is 29.4 Å². The Morgan fingerprint density at radius 2 is 1.75 bits per heavy atom. The molecule has 1 aromatic carbocycles. The number of thioether (sulfide) groups is 1. The maximum atomic E-state index is 12.6. The van der Waals surface area contributed by atoms with Crippen LogP contribution in [0.5, 0.6) is 0 Å². The molecule has 1 aliphatic heterocycles. The van der Waals surface area contributed by atoms with Crippen molar-refractivity contribution < 1.29 is 9.53 Å². The van der Waals surface area contributed by atoms with E-state index in [-0.39, 0.29) is 23.1 Å². The minimum Gasteiger partial charge on any atom is -0.381 e. The number of ether oxygens (including phenoxy) is 1. The molecule has 1 saturated carbocycles. The second-order valence-corrected chi connectivity index (χ2v) is 8.30. The second-order valence-electron chi connectivity index (χ2n) is 6.76. The number of carbonyl (C=O) groups is 1. The highest BCUT2D eigenvalue weighted by Crippen LogP contribution is 2.44. The number of carbonyl (C=O) groups excluding carboxylic acids is 1. The summed E-state index contributed by atoms with van der Waals surface area (Å²) in [6, 6.07) is 10.5. The zero-order chi connectivity index (χ0) is 16.2. The van der Waals surface area contributed by atoms with Gasteiger partial charge in [0.2, 0.25) is 5.91 Å². The van der Waals surface area contributed by atoms with Gasteiger partial charge in [0.05, 0.1) is 5.54 Å². The minimum absolute atomic E-state index is 0. The average Bonchev–Trinajstić information content (AvgIpc) is 3.03. The molecule has 3 rings (SSSR count). The largest absolute Gasteiger partial charge is 0.381 e. The zero-order valence-electron chi connectivity index (χ0n) is 14.0. The van der Waals surface area contributed by atoms with Crippen LogP contribution < -0.4 is 11.1 Å². The number of benzene rings is 1. The lowest BCUT2D eigenvalue weighted by Gasteiger charge is -2.34. The molecule has 0 radical (unpaired) electrons. The zero-order valence-corrected chi connectivity index (χ0v) is 15.6. The molecule has 0 bridgehead atoms. The SMILES string of the molecule is Cl.NC1(C(=O)NCC2(Sc3ccccc3)CCCC2)CCOCC1. The Labute approximate surface area is 154 Å². The summed E-state index contributed by atoms with van der Waals surface area (Å²) in [5.41, 5.74) is 5.53. The minimum atomic E-state index is -0.755. The molecule has 1 aliphatic carbocycles. The molecule has 6 heteroatoms. The van der Waals surface area contributed by atoms with Gasteiger partial charge >= 0.3 is 0 Å². The summed E-state index contributed by atoms with van der Waals surface area (Å²) in [6.07, 6.45) is 5.98. The molecule has 0 unspecified atom stereocenters. The van der Waals surface area contributed by atoms with Crippen molar-refractivity contribution in [3.8, 4) is 0 Å². The number of hydrogen-bond donors (Lipinski definition) is 2. The smallest absolute Gasteiger partial charge is 0.240 e. The van der Waals surface area contributed by atoms with Crippen LogP contribution in [0.25, 0.3) is 0 Å². The molecule has 0 atom stereocenters. The number of halogens is 1. The average molecular weight is 371 g/mol. The standard InChI is InChI=1S/C18H26N2O2S.ClH/c19-18(10-12-22-13-11-18)16(21)20-14-17(8-4-5-9-17)23-15-6-2-1-3-7-15;/h1-3,6-7H,4-5,8-14,19H2,(H,20,21);1H. The van der Waals surface area contributed by atoms with Gasteiger partial charge in [-0.25, -0.2) is 0 Å². The van der Waals surface area contributed by atoms with E-state index in [1.54, 1.807) is 0 Å². The normalized spacial score (nSPS) is 21.7. The highest BCUT2D eigenvalue weighted by atomic mass is 35.5. The van der Waals surface area contributed by atoms with E-state index in [1.807, 2.05) is 17.8 Å². The molecule has 2 aliphatic rings. The van der Waals surface area contributed by atoms with Gasteiger partial charge in [0.15, 0.2) is 0 Å². The topological polar surface area (TPSA) is 64.4 Å². The van der Waals surface area contributed by atoms with Crippen LogP contribution in [-0.2, 0) is 9.53 Å². The predicted molar refractivity (Wildman–Crippen MR) is 101 cm³/mol. The third-order valence-corrected chi connectivity index (χ3v) is 6.49. The van der Waals surface area contributed by atoms with Crippen LogP contribution in [0.15, 0.2) is 35.2 Å². The second kappa shape index (κ2) is 8.56. The molecule has 2 fully saturated rings. The predicted octanol–water partition coefficient (Wildman–Crippen LogP) is 3.14. The van der Waals surface area contributed by atoms with Gasteiger partial charge in [-0.2, -0.15) is 0 Å². The summed E-state index contributed by atoms with van der Waals surface area (Å²) in [7, 11) is 0. The molecule has 1 heterocycles. The van der Waals surface area contributed by atoms with Gasteiger partial charge in [-0.3, -0.25) is 4.79 Å². The molecule has 134 valence electrons. The molecule has 1 aromatic rings. The highest BCUT2D eigenvalue weighted by molar-refractivity contribution is 8.00. The van der Waals surface area contributed by atoms with Gasteiger partial charge < -0.3 is 15.8 Å². The van der Waals surface area contributed by atoms with Crippen LogP contribution in [0.4, 0.5) is 0 Å². The Kier molecular flexibility index (Phi) is 6.99. The van der Waals surface area contributed by atoms with Crippen LogP contribution in [0, 0.1) is 0 Å². The van der Waals surface area contributed by atoms with Crippen LogP contribution >= 0.6 is 24.2 Å². The molecule has 24 heavy (non-hydrogen) atoms. The van der Waals surface area contributed by atoms with Crippen LogP contribution in [-0.4, -0.2) is 36.0 Å². The van der Waals surface area contributed by atoms with E-state index in [4.69, 9.17) is 10.5 Å². The monoisotopic (exact) mass is 370 g/mol. The number of nitrogens with one attached hydrogen (secondary N) is 1. The van der Waals surface area contributed by atoms with E-state index in [0.29, 0.717) is 32.6 Å².